The van der Waals surface area contributed by atoms with E-state index in [4.69, 9.17) is 10.1 Å². The first-order valence-electron chi connectivity index (χ1n) is 10.9. The number of carbonyl (C=O) groups is 2. The van der Waals surface area contributed by atoms with Crippen molar-refractivity contribution in [3.63, 3.8) is 0 Å². The molecule has 1 unspecified atom stereocenters. The molecule has 168 valence electrons. The molecule has 3 heterocycles. The van der Waals surface area contributed by atoms with Gasteiger partial charge in [-0.15, -0.1) is 0 Å². The maximum Gasteiger partial charge on any atom is 0.255 e. The maximum absolute atomic E-state index is 13.8. The lowest BCUT2D eigenvalue weighted by Gasteiger charge is -2.29. The Kier molecular flexibility index (Phi) is 6.21. The Balaban J connectivity index is 1.59. The topological polar surface area (TPSA) is 86.6 Å². The minimum atomic E-state index is -0.992. The number of ether oxygens (including phenoxy) is 1. The predicted octanol–water partition coefficient (Wildman–Crippen LogP) is 3.48. The maximum atomic E-state index is 13.8. The van der Waals surface area contributed by atoms with E-state index in [9.17, 15) is 14.0 Å². The quantitative estimate of drug-likeness (QED) is 0.728. The van der Waals surface area contributed by atoms with Crippen molar-refractivity contribution < 1.29 is 18.7 Å². The zero-order chi connectivity index (χ0) is 22.8. The zero-order valence-electron chi connectivity index (χ0n) is 18.1. The lowest BCUT2D eigenvalue weighted by atomic mass is 9.90. The van der Waals surface area contributed by atoms with Crippen LogP contribution in [0.2, 0.25) is 0 Å². The van der Waals surface area contributed by atoms with Gasteiger partial charge in [0.2, 0.25) is 0 Å². The lowest BCUT2D eigenvalue weighted by molar-refractivity contribution is -0.116. The van der Waals surface area contributed by atoms with Crippen LogP contribution in [0.25, 0.3) is 0 Å². The van der Waals surface area contributed by atoms with Crippen LogP contribution in [0.4, 0.5) is 10.2 Å². The van der Waals surface area contributed by atoms with Crippen LogP contribution in [0.3, 0.4) is 0 Å². The normalized spacial score (nSPS) is 23.1. The molecule has 8 heteroatoms. The fraction of sp³-hybridized carbons (Fsp3) is 0.417. The Bertz CT molecular complexity index is 1030. The number of carbonyl (C=O) groups excluding carboxylic acids is 2. The number of fused-ring (bicyclic) bond motifs is 1. The van der Waals surface area contributed by atoms with Crippen LogP contribution >= 0.6 is 0 Å². The van der Waals surface area contributed by atoms with Gasteiger partial charge in [-0.3, -0.25) is 9.59 Å². The number of nitrogens with one attached hydrogen (secondary N) is 1. The summed E-state index contributed by atoms with van der Waals surface area (Å²) in [7, 11) is 0. The molecular weight excluding hydrogens is 411 g/mol. The van der Waals surface area contributed by atoms with Crippen molar-refractivity contribution >= 4 is 23.2 Å². The smallest absolute Gasteiger partial charge is 0.255 e. The Morgan fingerprint density at radius 2 is 2.12 bits per heavy atom. The molecule has 1 saturated heterocycles. The summed E-state index contributed by atoms with van der Waals surface area (Å²) in [5.74, 6) is -0.0224. The van der Waals surface area contributed by atoms with Gasteiger partial charge in [0, 0.05) is 30.7 Å². The Morgan fingerprint density at radius 3 is 2.84 bits per heavy atom. The highest BCUT2D eigenvalue weighted by atomic mass is 19.1. The van der Waals surface area contributed by atoms with E-state index in [2.05, 4.69) is 11.6 Å². The number of hydrogen-bond donors (Lipinski definition) is 1. The van der Waals surface area contributed by atoms with Crippen molar-refractivity contribution in [2.24, 2.45) is 5.92 Å². The standard InChI is InChI=1S/C24H27FN4O3/c1-15(2)22(30)19-7-6-18(12-20(19)26)29-9-4-10-32-21-11-16(13-27-23(21)29)24(31)28-8-3-5-17(25)14-28/h6-7,11-13,17,19,26H,1,3-5,8-10,14H2,2H3/t17-,19?/m0/s1. The van der Waals surface area contributed by atoms with Gasteiger partial charge in [-0.2, -0.15) is 0 Å². The van der Waals surface area contributed by atoms with Crippen LogP contribution in [0.15, 0.2) is 48.3 Å². The summed E-state index contributed by atoms with van der Waals surface area (Å²) < 4.78 is 19.6. The van der Waals surface area contributed by atoms with Crippen molar-refractivity contribution in [2.75, 3.05) is 31.1 Å². The van der Waals surface area contributed by atoms with Gasteiger partial charge in [-0.25, -0.2) is 9.37 Å². The largest absolute Gasteiger partial charge is 0.490 e. The van der Waals surface area contributed by atoms with Gasteiger partial charge in [0.15, 0.2) is 17.4 Å². The molecule has 1 N–H and O–H groups in total. The zero-order valence-corrected chi connectivity index (χ0v) is 18.1. The van der Waals surface area contributed by atoms with Crippen LogP contribution in [0, 0.1) is 11.3 Å². The second-order valence-corrected chi connectivity index (χ2v) is 8.40. The van der Waals surface area contributed by atoms with Gasteiger partial charge in [-0.1, -0.05) is 12.7 Å². The number of piperidine rings is 1. The van der Waals surface area contributed by atoms with Gasteiger partial charge >= 0.3 is 0 Å². The number of halogens is 1. The average Bonchev–Trinajstić information content (AvgIpc) is 3.00. The van der Waals surface area contributed by atoms with Crippen LogP contribution < -0.4 is 9.64 Å². The number of amides is 1. The van der Waals surface area contributed by atoms with E-state index in [-0.39, 0.29) is 23.9 Å². The summed E-state index contributed by atoms with van der Waals surface area (Å²) in [5.41, 5.74) is 1.71. The van der Waals surface area contributed by atoms with E-state index in [1.54, 1.807) is 25.1 Å². The second kappa shape index (κ2) is 9.06. The number of hydrogen-bond acceptors (Lipinski definition) is 6. The Morgan fingerprint density at radius 1 is 1.31 bits per heavy atom. The third-order valence-electron chi connectivity index (χ3n) is 5.88. The highest BCUT2D eigenvalue weighted by Crippen LogP contribution is 2.34. The number of alkyl halides is 1. The average molecular weight is 439 g/mol. The minimum absolute atomic E-state index is 0.104. The van der Waals surface area contributed by atoms with Crippen molar-refractivity contribution in [3.05, 3.63) is 53.9 Å². The third-order valence-corrected chi connectivity index (χ3v) is 5.88. The minimum Gasteiger partial charge on any atom is -0.490 e. The highest BCUT2D eigenvalue weighted by molar-refractivity contribution is 6.16. The second-order valence-electron chi connectivity index (χ2n) is 8.40. The molecule has 1 aliphatic carbocycles. The predicted molar refractivity (Wildman–Crippen MR) is 120 cm³/mol. The van der Waals surface area contributed by atoms with Crippen molar-refractivity contribution in [3.8, 4) is 5.75 Å². The number of allylic oxidation sites excluding steroid dienone is 4. The molecule has 0 saturated carbocycles. The van der Waals surface area contributed by atoms with Crippen LogP contribution in [-0.4, -0.2) is 59.7 Å². The molecule has 1 amide bonds. The number of ketones is 1. The number of anilines is 1. The summed E-state index contributed by atoms with van der Waals surface area (Å²) in [4.78, 5) is 33.1. The molecular formula is C24H27FN4O3. The van der Waals surface area contributed by atoms with Crippen molar-refractivity contribution in [1.29, 1.82) is 5.41 Å². The molecule has 3 aliphatic rings. The summed E-state index contributed by atoms with van der Waals surface area (Å²) in [6.07, 6.45) is 7.55. The van der Waals surface area contributed by atoms with Gasteiger partial charge in [0.25, 0.3) is 5.91 Å². The van der Waals surface area contributed by atoms with Crippen molar-refractivity contribution in [2.45, 2.75) is 32.4 Å². The molecule has 1 fully saturated rings. The number of aromatic nitrogens is 1. The number of pyridine rings is 1. The van der Waals surface area contributed by atoms with Gasteiger partial charge in [0.05, 0.1) is 24.6 Å². The molecule has 0 radical (unpaired) electrons. The molecule has 4 rings (SSSR count). The van der Waals surface area contributed by atoms with E-state index in [0.29, 0.717) is 55.2 Å². The third kappa shape index (κ3) is 4.35. The molecule has 2 aliphatic heterocycles. The first-order valence-corrected chi connectivity index (χ1v) is 10.9. The SMILES string of the molecule is C=C(C)C(=O)C1C=CC(N2CCCOc3cc(C(=O)N4CCC[C@H](F)C4)cnc32)=CC1=N. The summed E-state index contributed by atoms with van der Waals surface area (Å²) in [6.45, 7) is 7.05. The van der Waals surface area contributed by atoms with Crippen LogP contribution in [0.5, 0.6) is 5.75 Å². The number of rotatable bonds is 4. The fourth-order valence-corrected chi connectivity index (χ4v) is 4.18. The number of nitrogens with zero attached hydrogens (tertiary/aromatic N) is 3. The number of likely N-dealkylation sites (tertiary alicyclic amines) is 1. The Labute approximate surface area is 186 Å². The number of Topliss-reactive ketones (excluding diaryl/α,β-unsaturated/α-hetero) is 1. The van der Waals surface area contributed by atoms with E-state index in [0.717, 1.165) is 12.1 Å². The van der Waals surface area contributed by atoms with Crippen molar-refractivity contribution in [1.82, 2.24) is 9.88 Å². The highest BCUT2D eigenvalue weighted by Gasteiger charge is 2.29. The molecule has 1 aromatic heterocycles. The first-order chi connectivity index (χ1) is 15.3. The fourth-order valence-electron chi connectivity index (χ4n) is 4.18. The lowest BCUT2D eigenvalue weighted by Crippen LogP contribution is -2.40. The van der Waals surface area contributed by atoms with E-state index >= 15 is 0 Å². The molecule has 7 nitrogen and oxygen atoms in total. The van der Waals surface area contributed by atoms with E-state index < -0.39 is 12.1 Å². The summed E-state index contributed by atoms with van der Waals surface area (Å²) >= 11 is 0. The van der Waals surface area contributed by atoms with Crippen LogP contribution in [-0.2, 0) is 4.79 Å². The monoisotopic (exact) mass is 438 g/mol. The summed E-state index contributed by atoms with van der Waals surface area (Å²) in [6, 6.07) is 1.66. The van der Waals surface area contributed by atoms with E-state index in [1.807, 2.05) is 11.0 Å². The Hall–Kier alpha value is -3.29. The molecule has 2 atom stereocenters. The van der Waals surface area contributed by atoms with Crippen LogP contribution in [0.1, 0.15) is 36.5 Å². The molecule has 0 spiro atoms. The van der Waals surface area contributed by atoms with Gasteiger partial charge in [0.1, 0.15) is 6.17 Å². The first kappa shape index (κ1) is 21.9. The van der Waals surface area contributed by atoms with Gasteiger partial charge < -0.3 is 19.9 Å². The molecule has 0 aromatic carbocycles. The molecule has 0 bridgehead atoms. The van der Waals surface area contributed by atoms with Gasteiger partial charge in [-0.05, 0) is 50.0 Å². The molecule has 1 aromatic rings. The molecule has 32 heavy (non-hydrogen) atoms. The summed E-state index contributed by atoms with van der Waals surface area (Å²) in [5, 5.41) is 8.33. The van der Waals surface area contributed by atoms with E-state index in [1.165, 1.54) is 11.1 Å².